The highest BCUT2D eigenvalue weighted by Gasteiger charge is 2.15. The third kappa shape index (κ3) is 7.34. The van der Waals surface area contributed by atoms with Crippen molar-refractivity contribution in [2.45, 2.75) is 53.2 Å². The zero-order chi connectivity index (χ0) is 19.0. The number of hydrogen-bond acceptors (Lipinski definition) is 3. The molecule has 1 aromatic rings. The molecule has 146 valence electrons. The van der Waals surface area contributed by atoms with Crippen LogP contribution in [0.2, 0.25) is 0 Å². The fraction of sp³-hybridized carbons (Fsp3) is 0.667. The second-order valence-corrected chi connectivity index (χ2v) is 8.10. The molecule has 1 aliphatic rings. The fourth-order valence-electron chi connectivity index (χ4n) is 3.10. The monoisotopic (exact) mass is 359 g/mol. The number of piperazine rings is 1. The molecule has 0 aromatic heterocycles. The molecule has 0 unspecified atom stereocenters. The van der Waals surface area contributed by atoms with Gasteiger partial charge in [-0.05, 0) is 45.4 Å². The number of benzene rings is 1. The van der Waals surface area contributed by atoms with E-state index in [0.717, 1.165) is 19.0 Å². The Labute approximate surface area is 159 Å². The lowest BCUT2D eigenvalue weighted by Gasteiger charge is -2.34. The van der Waals surface area contributed by atoms with Gasteiger partial charge in [0.1, 0.15) is 0 Å². The van der Waals surface area contributed by atoms with Crippen molar-refractivity contribution >= 4 is 5.96 Å². The largest absolute Gasteiger partial charge is 0.357 e. The minimum atomic E-state index is 0.00661. The number of likely N-dealkylation sites (N-methyl/N-ethyl adjacent to an activating group) is 1. The Kier molecular flexibility index (Phi) is 7.91. The average molecular weight is 360 g/mol. The van der Waals surface area contributed by atoms with Gasteiger partial charge in [-0.1, -0.05) is 31.2 Å². The van der Waals surface area contributed by atoms with E-state index >= 15 is 0 Å². The van der Waals surface area contributed by atoms with E-state index in [1.54, 1.807) is 0 Å². The molecular formula is C21H37N5. The molecule has 2 rings (SSSR count). The zero-order valence-electron chi connectivity index (χ0n) is 17.3. The molecule has 0 atom stereocenters. The Morgan fingerprint density at radius 3 is 2.08 bits per heavy atom. The summed E-state index contributed by atoms with van der Waals surface area (Å²) in [5, 5.41) is 6.74. The van der Waals surface area contributed by atoms with Gasteiger partial charge in [0.15, 0.2) is 5.96 Å². The minimum absolute atomic E-state index is 0.00661. The highest BCUT2D eigenvalue weighted by Crippen LogP contribution is 2.11. The number of nitrogens with zero attached hydrogens (tertiary/aromatic N) is 3. The van der Waals surface area contributed by atoms with Gasteiger partial charge >= 0.3 is 0 Å². The molecule has 1 aliphatic heterocycles. The lowest BCUT2D eigenvalue weighted by molar-refractivity contribution is 0.132. The summed E-state index contributed by atoms with van der Waals surface area (Å²) >= 11 is 0. The van der Waals surface area contributed by atoms with Gasteiger partial charge in [-0.15, -0.1) is 0 Å². The summed E-state index contributed by atoms with van der Waals surface area (Å²) in [6, 6.07) is 8.92. The first-order valence-corrected chi connectivity index (χ1v) is 9.98. The maximum absolute atomic E-state index is 4.71. The van der Waals surface area contributed by atoms with Crippen molar-refractivity contribution in [2.75, 3.05) is 39.3 Å². The topological polar surface area (TPSA) is 42.9 Å². The molecule has 1 fully saturated rings. The highest BCUT2D eigenvalue weighted by atomic mass is 15.3. The quantitative estimate of drug-likeness (QED) is 0.605. The van der Waals surface area contributed by atoms with Crippen LogP contribution in [0.1, 0.15) is 45.7 Å². The lowest BCUT2D eigenvalue weighted by atomic mass is 10.1. The second-order valence-electron chi connectivity index (χ2n) is 8.10. The van der Waals surface area contributed by atoms with E-state index in [9.17, 15) is 0 Å². The number of nitrogens with one attached hydrogen (secondary N) is 2. The van der Waals surface area contributed by atoms with Crippen LogP contribution in [0.5, 0.6) is 0 Å². The van der Waals surface area contributed by atoms with Crippen LogP contribution in [0, 0.1) is 0 Å². The van der Waals surface area contributed by atoms with Gasteiger partial charge in [0.2, 0.25) is 0 Å². The highest BCUT2D eigenvalue weighted by molar-refractivity contribution is 5.80. The number of hydrogen-bond donors (Lipinski definition) is 2. The lowest BCUT2D eigenvalue weighted by Crippen LogP contribution is -2.47. The van der Waals surface area contributed by atoms with Gasteiger partial charge < -0.3 is 15.5 Å². The smallest absolute Gasteiger partial charge is 0.191 e. The average Bonchev–Trinajstić information content (AvgIpc) is 2.60. The van der Waals surface area contributed by atoms with Gasteiger partial charge in [-0.2, -0.15) is 0 Å². The molecule has 0 bridgehead atoms. The predicted molar refractivity (Wildman–Crippen MR) is 112 cm³/mol. The summed E-state index contributed by atoms with van der Waals surface area (Å²) in [5.74, 6) is 0.873. The maximum atomic E-state index is 4.71. The molecule has 0 spiro atoms. The standard InChI is InChI=1S/C21H37N5/c1-6-22-20(24-21(3,4)5)23-16-18-8-10-19(11-9-18)17-26-14-12-25(7-2)13-15-26/h8-11H,6-7,12-17H2,1-5H3,(H2,22,23,24). The van der Waals surface area contributed by atoms with E-state index in [1.165, 1.54) is 43.9 Å². The van der Waals surface area contributed by atoms with Crippen LogP contribution in [0.4, 0.5) is 0 Å². The van der Waals surface area contributed by atoms with Crippen molar-refractivity contribution in [3.05, 3.63) is 35.4 Å². The summed E-state index contributed by atoms with van der Waals surface area (Å²) < 4.78 is 0. The molecule has 5 nitrogen and oxygen atoms in total. The van der Waals surface area contributed by atoms with Crippen LogP contribution in [0.15, 0.2) is 29.3 Å². The Morgan fingerprint density at radius 2 is 1.54 bits per heavy atom. The summed E-state index contributed by atoms with van der Waals surface area (Å²) in [5.41, 5.74) is 2.64. The van der Waals surface area contributed by atoms with Crippen molar-refractivity contribution in [2.24, 2.45) is 4.99 Å². The van der Waals surface area contributed by atoms with Crippen molar-refractivity contribution in [1.82, 2.24) is 20.4 Å². The third-order valence-electron chi connectivity index (χ3n) is 4.60. The van der Waals surface area contributed by atoms with Crippen LogP contribution in [0.3, 0.4) is 0 Å². The van der Waals surface area contributed by atoms with Gasteiger partial charge in [-0.25, -0.2) is 4.99 Å². The Balaban J connectivity index is 1.87. The molecule has 0 amide bonds. The fourth-order valence-corrected chi connectivity index (χ4v) is 3.10. The van der Waals surface area contributed by atoms with Crippen LogP contribution in [0.25, 0.3) is 0 Å². The second kappa shape index (κ2) is 9.93. The Hall–Kier alpha value is -1.59. The first-order valence-electron chi connectivity index (χ1n) is 9.98. The van der Waals surface area contributed by atoms with Gasteiger partial charge in [-0.3, -0.25) is 4.90 Å². The molecule has 0 saturated carbocycles. The van der Waals surface area contributed by atoms with Crippen LogP contribution in [-0.2, 0) is 13.1 Å². The minimum Gasteiger partial charge on any atom is -0.357 e. The van der Waals surface area contributed by atoms with E-state index in [4.69, 9.17) is 4.99 Å². The molecule has 5 heteroatoms. The van der Waals surface area contributed by atoms with Gasteiger partial charge in [0.25, 0.3) is 0 Å². The van der Waals surface area contributed by atoms with Crippen molar-refractivity contribution in [3.63, 3.8) is 0 Å². The van der Waals surface area contributed by atoms with Crippen LogP contribution in [-0.4, -0.2) is 60.6 Å². The van der Waals surface area contributed by atoms with E-state index in [0.29, 0.717) is 6.54 Å². The summed E-state index contributed by atoms with van der Waals surface area (Å²) in [6.45, 7) is 19.3. The molecule has 1 aromatic carbocycles. The predicted octanol–water partition coefficient (Wildman–Crippen LogP) is 2.68. The SMILES string of the molecule is CCNC(=NCc1ccc(CN2CCN(CC)CC2)cc1)NC(C)(C)C. The molecule has 0 radical (unpaired) electrons. The van der Waals surface area contributed by atoms with E-state index in [-0.39, 0.29) is 5.54 Å². The molecule has 1 saturated heterocycles. The van der Waals surface area contributed by atoms with Crippen molar-refractivity contribution in [3.8, 4) is 0 Å². The molecule has 26 heavy (non-hydrogen) atoms. The Morgan fingerprint density at radius 1 is 0.962 bits per heavy atom. The summed E-state index contributed by atoms with van der Waals surface area (Å²) in [6.07, 6.45) is 0. The van der Waals surface area contributed by atoms with Crippen molar-refractivity contribution < 1.29 is 0 Å². The van der Waals surface area contributed by atoms with E-state index < -0.39 is 0 Å². The maximum Gasteiger partial charge on any atom is 0.191 e. The normalized spacial score (nSPS) is 17.3. The Bertz CT molecular complexity index is 551. The van der Waals surface area contributed by atoms with Crippen LogP contribution < -0.4 is 10.6 Å². The number of rotatable bonds is 6. The molecular weight excluding hydrogens is 322 g/mol. The summed E-state index contributed by atoms with van der Waals surface area (Å²) in [7, 11) is 0. The first kappa shape index (κ1) is 20.7. The summed E-state index contributed by atoms with van der Waals surface area (Å²) in [4.78, 5) is 9.78. The van der Waals surface area contributed by atoms with Gasteiger partial charge in [0.05, 0.1) is 6.54 Å². The first-order chi connectivity index (χ1) is 12.4. The van der Waals surface area contributed by atoms with Gasteiger partial charge in [0, 0.05) is 44.8 Å². The molecule has 1 heterocycles. The number of aliphatic imine (C=N–C) groups is 1. The zero-order valence-corrected chi connectivity index (χ0v) is 17.3. The third-order valence-corrected chi connectivity index (χ3v) is 4.60. The number of guanidine groups is 1. The molecule has 0 aliphatic carbocycles. The molecule has 2 N–H and O–H groups in total. The van der Waals surface area contributed by atoms with E-state index in [2.05, 4.69) is 79.3 Å². The van der Waals surface area contributed by atoms with E-state index in [1.807, 2.05) is 0 Å². The van der Waals surface area contributed by atoms with Crippen molar-refractivity contribution in [1.29, 1.82) is 0 Å². The van der Waals surface area contributed by atoms with Crippen LogP contribution >= 0.6 is 0 Å².